The Bertz CT molecular complexity index is 969. The first-order valence-corrected chi connectivity index (χ1v) is 7.01. The highest BCUT2D eigenvalue weighted by atomic mass is 16.5. The molecule has 2 aromatic carbocycles. The van der Waals surface area contributed by atoms with Gasteiger partial charge in [-0.1, -0.05) is 0 Å². The predicted molar refractivity (Wildman–Crippen MR) is 85.2 cm³/mol. The largest absolute Gasteiger partial charge is 0.465 e. The first-order valence-electron chi connectivity index (χ1n) is 7.01. The maximum absolute atomic E-state index is 12.1. The van der Waals surface area contributed by atoms with Gasteiger partial charge in [0.1, 0.15) is 11.3 Å². The molecule has 0 aliphatic heterocycles. The molecule has 0 saturated heterocycles. The third-order valence-electron chi connectivity index (χ3n) is 3.35. The van der Waals surface area contributed by atoms with Crippen LogP contribution in [-0.4, -0.2) is 19.0 Å². The Kier molecular flexibility index (Phi) is 4.11. The molecule has 0 unspecified atom stereocenters. The van der Waals surface area contributed by atoms with E-state index in [1.807, 2.05) is 0 Å². The molecule has 3 rings (SSSR count). The van der Waals surface area contributed by atoms with E-state index in [1.165, 1.54) is 43.5 Å². The van der Waals surface area contributed by atoms with Crippen molar-refractivity contribution in [3.63, 3.8) is 0 Å². The molecule has 3 aromatic rings. The van der Waals surface area contributed by atoms with E-state index < -0.39 is 17.6 Å². The van der Waals surface area contributed by atoms with E-state index in [-0.39, 0.29) is 11.3 Å². The first kappa shape index (κ1) is 15.5. The molecule has 0 atom stereocenters. The molecule has 0 amide bonds. The summed E-state index contributed by atoms with van der Waals surface area (Å²) in [5, 5.41) is 0.719. The normalized spacial score (nSPS) is 10.4. The van der Waals surface area contributed by atoms with Crippen molar-refractivity contribution in [1.82, 2.24) is 0 Å². The van der Waals surface area contributed by atoms with Crippen LogP contribution in [0.2, 0.25) is 0 Å². The number of rotatable bonds is 3. The number of hydrogen-bond acceptors (Lipinski definition) is 6. The molecular formula is C18H12O6. The standard InChI is InChI=1S/C18H12O6/c1-22-17(20)12-2-4-13(5-3-12)18(21)23-14-8-6-11-7-9-16(19)24-15(11)10-14/h2-10H,1H3. The van der Waals surface area contributed by atoms with Crippen LogP contribution in [0.4, 0.5) is 0 Å². The quantitative estimate of drug-likeness (QED) is 0.418. The van der Waals surface area contributed by atoms with Crippen LogP contribution in [0.25, 0.3) is 11.0 Å². The third kappa shape index (κ3) is 3.17. The van der Waals surface area contributed by atoms with Crippen molar-refractivity contribution >= 4 is 22.9 Å². The monoisotopic (exact) mass is 324 g/mol. The molecule has 0 N–H and O–H groups in total. The van der Waals surface area contributed by atoms with E-state index in [0.29, 0.717) is 11.1 Å². The summed E-state index contributed by atoms with van der Waals surface area (Å²) in [5.41, 5.74) is 0.456. The lowest BCUT2D eigenvalue weighted by atomic mass is 10.1. The molecule has 0 fully saturated rings. The number of benzene rings is 2. The minimum atomic E-state index is -0.593. The second-order valence-electron chi connectivity index (χ2n) is 4.91. The van der Waals surface area contributed by atoms with Crippen molar-refractivity contribution in [3.8, 4) is 5.75 Å². The zero-order valence-electron chi connectivity index (χ0n) is 12.6. The highest BCUT2D eigenvalue weighted by molar-refractivity contribution is 5.94. The van der Waals surface area contributed by atoms with Gasteiger partial charge in [-0.15, -0.1) is 0 Å². The lowest BCUT2D eigenvalue weighted by molar-refractivity contribution is 0.0599. The lowest BCUT2D eigenvalue weighted by Crippen LogP contribution is -2.09. The summed E-state index contributed by atoms with van der Waals surface area (Å²) >= 11 is 0. The summed E-state index contributed by atoms with van der Waals surface area (Å²) in [6, 6.07) is 13.6. The van der Waals surface area contributed by atoms with Gasteiger partial charge < -0.3 is 13.9 Å². The van der Waals surface area contributed by atoms with Gasteiger partial charge in [-0.05, 0) is 42.5 Å². The van der Waals surface area contributed by atoms with E-state index in [1.54, 1.807) is 18.2 Å². The van der Waals surface area contributed by atoms with Gasteiger partial charge >= 0.3 is 17.6 Å². The minimum absolute atomic E-state index is 0.249. The number of ether oxygens (including phenoxy) is 2. The maximum atomic E-state index is 12.1. The summed E-state index contributed by atoms with van der Waals surface area (Å²) in [6.45, 7) is 0. The van der Waals surface area contributed by atoms with Crippen molar-refractivity contribution in [2.45, 2.75) is 0 Å². The Balaban J connectivity index is 1.81. The van der Waals surface area contributed by atoms with E-state index in [4.69, 9.17) is 9.15 Å². The van der Waals surface area contributed by atoms with Crippen LogP contribution in [-0.2, 0) is 4.74 Å². The second kappa shape index (κ2) is 6.37. The minimum Gasteiger partial charge on any atom is -0.465 e. The van der Waals surface area contributed by atoms with Crippen molar-refractivity contribution in [2.75, 3.05) is 7.11 Å². The Morgan fingerprint density at radius 3 is 2.17 bits per heavy atom. The van der Waals surface area contributed by atoms with Crippen LogP contribution >= 0.6 is 0 Å². The van der Waals surface area contributed by atoms with Gasteiger partial charge in [0, 0.05) is 17.5 Å². The van der Waals surface area contributed by atoms with Crippen LogP contribution in [0, 0.1) is 0 Å². The van der Waals surface area contributed by atoms with Crippen LogP contribution in [0.3, 0.4) is 0 Å². The second-order valence-corrected chi connectivity index (χ2v) is 4.91. The number of carbonyl (C=O) groups is 2. The average molecular weight is 324 g/mol. The van der Waals surface area contributed by atoms with E-state index in [2.05, 4.69) is 4.74 Å². The van der Waals surface area contributed by atoms with Gasteiger partial charge in [0.2, 0.25) is 0 Å². The average Bonchev–Trinajstić information content (AvgIpc) is 2.60. The zero-order valence-corrected chi connectivity index (χ0v) is 12.6. The Labute approximate surface area is 136 Å². The van der Waals surface area contributed by atoms with Crippen molar-refractivity contribution in [2.24, 2.45) is 0 Å². The smallest absolute Gasteiger partial charge is 0.343 e. The fourth-order valence-electron chi connectivity index (χ4n) is 2.13. The molecule has 1 aromatic heterocycles. The lowest BCUT2D eigenvalue weighted by Gasteiger charge is -2.06. The molecule has 6 nitrogen and oxygen atoms in total. The molecular weight excluding hydrogens is 312 g/mol. The number of esters is 2. The molecule has 24 heavy (non-hydrogen) atoms. The van der Waals surface area contributed by atoms with Crippen molar-refractivity contribution < 1.29 is 23.5 Å². The number of fused-ring (bicyclic) bond motifs is 1. The molecule has 6 heteroatoms. The van der Waals surface area contributed by atoms with Crippen LogP contribution in [0.5, 0.6) is 5.75 Å². The molecule has 0 spiro atoms. The number of hydrogen-bond donors (Lipinski definition) is 0. The van der Waals surface area contributed by atoms with Crippen LogP contribution in [0.15, 0.2) is 63.8 Å². The zero-order chi connectivity index (χ0) is 17.1. The molecule has 120 valence electrons. The van der Waals surface area contributed by atoms with Crippen LogP contribution in [0.1, 0.15) is 20.7 Å². The van der Waals surface area contributed by atoms with Gasteiger partial charge in [0.25, 0.3) is 0 Å². The van der Waals surface area contributed by atoms with Crippen molar-refractivity contribution in [3.05, 3.63) is 76.1 Å². The van der Waals surface area contributed by atoms with Gasteiger partial charge in [0.15, 0.2) is 0 Å². The third-order valence-corrected chi connectivity index (χ3v) is 3.35. The molecule has 0 bridgehead atoms. The van der Waals surface area contributed by atoms with E-state index in [9.17, 15) is 14.4 Å². The molecule has 0 aliphatic rings. The van der Waals surface area contributed by atoms with E-state index >= 15 is 0 Å². The summed E-state index contributed by atoms with van der Waals surface area (Å²) in [6.07, 6.45) is 0. The Morgan fingerprint density at radius 1 is 0.875 bits per heavy atom. The van der Waals surface area contributed by atoms with Gasteiger partial charge in [-0.25, -0.2) is 14.4 Å². The van der Waals surface area contributed by atoms with Gasteiger partial charge in [-0.3, -0.25) is 0 Å². The summed E-state index contributed by atoms with van der Waals surface area (Å²) in [7, 11) is 1.28. The Hall–Kier alpha value is -3.41. The first-order chi connectivity index (χ1) is 11.6. The molecule has 1 heterocycles. The van der Waals surface area contributed by atoms with Gasteiger partial charge in [0.05, 0.1) is 18.2 Å². The summed E-state index contributed by atoms with van der Waals surface area (Å²) in [4.78, 5) is 34.7. The summed E-state index contributed by atoms with van der Waals surface area (Å²) in [5.74, 6) is -0.831. The predicted octanol–water partition coefficient (Wildman–Crippen LogP) is 2.80. The number of methoxy groups -OCH3 is 1. The highest BCUT2D eigenvalue weighted by Gasteiger charge is 2.11. The SMILES string of the molecule is COC(=O)c1ccc(C(=O)Oc2ccc3ccc(=O)oc3c2)cc1. The maximum Gasteiger partial charge on any atom is 0.343 e. The Morgan fingerprint density at radius 2 is 1.50 bits per heavy atom. The number of carbonyl (C=O) groups excluding carboxylic acids is 2. The summed E-state index contributed by atoms with van der Waals surface area (Å²) < 4.78 is 14.9. The van der Waals surface area contributed by atoms with Gasteiger partial charge in [-0.2, -0.15) is 0 Å². The fraction of sp³-hybridized carbons (Fsp3) is 0.0556. The fourth-order valence-corrected chi connectivity index (χ4v) is 2.13. The topological polar surface area (TPSA) is 82.8 Å². The molecule has 0 saturated carbocycles. The highest BCUT2D eigenvalue weighted by Crippen LogP contribution is 2.20. The van der Waals surface area contributed by atoms with Crippen molar-refractivity contribution in [1.29, 1.82) is 0 Å². The molecule has 0 aliphatic carbocycles. The molecule has 0 radical (unpaired) electrons. The van der Waals surface area contributed by atoms with E-state index in [0.717, 1.165) is 5.39 Å². The van der Waals surface area contributed by atoms with Crippen LogP contribution < -0.4 is 10.4 Å².